The van der Waals surface area contributed by atoms with Gasteiger partial charge in [-0.3, -0.25) is 0 Å². The van der Waals surface area contributed by atoms with Crippen molar-refractivity contribution in [2.75, 3.05) is 5.32 Å². The van der Waals surface area contributed by atoms with Gasteiger partial charge in [0.2, 0.25) is 0 Å². The number of aromatic nitrogens is 1. The molecular weight excluding hydrogens is 321 g/mol. The molecule has 0 aliphatic heterocycles. The average molecular weight is 333 g/mol. The fraction of sp³-hybridized carbons (Fsp3) is 0.214. The first-order valence-electron chi connectivity index (χ1n) is 6.05. The molecule has 0 aliphatic carbocycles. The quantitative estimate of drug-likeness (QED) is 0.790. The first-order chi connectivity index (χ1) is 9.95. The lowest BCUT2D eigenvalue weighted by Gasteiger charge is -2.13. The fourth-order valence-corrected chi connectivity index (χ4v) is 2.13. The molecule has 1 aromatic heterocycles. The lowest BCUT2D eigenvalue weighted by atomic mass is 10.2. The molecule has 0 spiro atoms. The molecule has 0 unspecified atom stereocenters. The Bertz CT molecular complexity index is 638. The van der Waals surface area contributed by atoms with Gasteiger partial charge in [0.25, 0.3) is 0 Å². The van der Waals surface area contributed by atoms with E-state index in [-0.39, 0.29) is 12.3 Å². The number of rotatable bonds is 5. The number of nitrogens with zero attached hydrogens (tertiary/aromatic N) is 1. The molecule has 0 amide bonds. The van der Waals surface area contributed by atoms with Crippen molar-refractivity contribution in [2.45, 2.75) is 20.1 Å². The van der Waals surface area contributed by atoms with Crippen molar-refractivity contribution >= 4 is 28.9 Å². The number of ether oxygens (including phenoxy) is 1. The van der Waals surface area contributed by atoms with Crippen molar-refractivity contribution < 1.29 is 13.5 Å². The van der Waals surface area contributed by atoms with Crippen LogP contribution in [0.1, 0.15) is 11.1 Å². The molecule has 1 heterocycles. The SMILES string of the molecule is Cc1cnc(Cl)c(NCc2cc(Cl)ccc2OC(F)F)c1. The Morgan fingerprint density at radius 2 is 2.05 bits per heavy atom. The van der Waals surface area contributed by atoms with Gasteiger partial charge in [-0.25, -0.2) is 4.98 Å². The van der Waals surface area contributed by atoms with Gasteiger partial charge >= 0.3 is 6.61 Å². The number of halogens is 4. The van der Waals surface area contributed by atoms with Crippen LogP contribution in [0.15, 0.2) is 30.5 Å². The largest absolute Gasteiger partial charge is 0.434 e. The summed E-state index contributed by atoms with van der Waals surface area (Å²) in [5.74, 6) is 0.0682. The summed E-state index contributed by atoms with van der Waals surface area (Å²) in [6.45, 7) is -0.790. The van der Waals surface area contributed by atoms with Gasteiger partial charge in [0, 0.05) is 23.3 Å². The van der Waals surface area contributed by atoms with Crippen LogP contribution in [0.5, 0.6) is 5.75 Å². The lowest BCUT2D eigenvalue weighted by Crippen LogP contribution is -2.07. The number of anilines is 1. The van der Waals surface area contributed by atoms with Crippen molar-refractivity contribution in [3.8, 4) is 5.75 Å². The second-order valence-corrected chi connectivity index (χ2v) is 5.13. The highest BCUT2D eigenvalue weighted by Crippen LogP contribution is 2.27. The highest BCUT2D eigenvalue weighted by molar-refractivity contribution is 6.32. The second kappa shape index (κ2) is 6.91. The Kier molecular flexibility index (Phi) is 5.20. The Labute approximate surface area is 130 Å². The molecular formula is C14H12Cl2F2N2O. The van der Waals surface area contributed by atoms with Gasteiger partial charge in [-0.1, -0.05) is 23.2 Å². The number of nitrogens with one attached hydrogen (secondary N) is 1. The van der Waals surface area contributed by atoms with E-state index in [0.29, 0.717) is 21.4 Å². The summed E-state index contributed by atoms with van der Waals surface area (Å²) in [4.78, 5) is 4.00. The van der Waals surface area contributed by atoms with Gasteiger partial charge in [0.05, 0.1) is 5.69 Å². The zero-order valence-corrected chi connectivity index (χ0v) is 12.6. The number of hydrogen-bond acceptors (Lipinski definition) is 3. The summed E-state index contributed by atoms with van der Waals surface area (Å²) < 4.78 is 29.2. The smallest absolute Gasteiger partial charge is 0.387 e. The first kappa shape index (κ1) is 15.8. The molecule has 7 heteroatoms. The molecule has 0 aliphatic rings. The topological polar surface area (TPSA) is 34.2 Å². The van der Waals surface area contributed by atoms with E-state index in [1.54, 1.807) is 12.3 Å². The van der Waals surface area contributed by atoms with E-state index in [9.17, 15) is 8.78 Å². The molecule has 2 rings (SSSR count). The van der Waals surface area contributed by atoms with Crippen molar-refractivity contribution in [2.24, 2.45) is 0 Å². The highest BCUT2D eigenvalue weighted by atomic mass is 35.5. The molecule has 21 heavy (non-hydrogen) atoms. The van der Waals surface area contributed by atoms with Gasteiger partial charge in [0.15, 0.2) is 5.15 Å². The van der Waals surface area contributed by atoms with Gasteiger partial charge in [-0.05, 0) is 36.8 Å². The highest BCUT2D eigenvalue weighted by Gasteiger charge is 2.11. The maximum Gasteiger partial charge on any atom is 0.387 e. The van der Waals surface area contributed by atoms with Gasteiger partial charge in [0.1, 0.15) is 5.75 Å². The minimum Gasteiger partial charge on any atom is -0.434 e. The molecule has 0 bridgehead atoms. The third-order valence-corrected chi connectivity index (χ3v) is 3.22. The van der Waals surface area contributed by atoms with Crippen LogP contribution >= 0.6 is 23.2 Å². The fourth-order valence-electron chi connectivity index (χ4n) is 1.76. The van der Waals surface area contributed by atoms with Crippen LogP contribution in [0, 0.1) is 6.92 Å². The maximum absolute atomic E-state index is 12.4. The molecule has 2 aromatic rings. The summed E-state index contributed by atoms with van der Waals surface area (Å²) in [6, 6.07) is 6.27. The summed E-state index contributed by atoms with van der Waals surface area (Å²) >= 11 is 11.8. The van der Waals surface area contributed by atoms with E-state index < -0.39 is 6.61 Å². The van der Waals surface area contributed by atoms with Crippen LogP contribution in [0.4, 0.5) is 14.5 Å². The Hall–Kier alpha value is -1.59. The van der Waals surface area contributed by atoms with E-state index in [2.05, 4.69) is 15.0 Å². The van der Waals surface area contributed by atoms with Crippen molar-refractivity contribution in [3.63, 3.8) is 0 Å². The standard InChI is InChI=1S/C14H12Cl2F2N2O/c1-8-4-11(13(16)20-6-8)19-7-9-5-10(15)2-3-12(9)21-14(17)18/h2-6,14,19H,7H2,1H3. The summed E-state index contributed by atoms with van der Waals surface area (Å²) in [5.41, 5.74) is 2.04. The number of alkyl halides is 2. The number of hydrogen-bond donors (Lipinski definition) is 1. The second-order valence-electron chi connectivity index (χ2n) is 4.34. The van der Waals surface area contributed by atoms with Gasteiger partial charge < -0.3 is 10.1 Å². The normalized spacial score (nSPS) is 10.8. The molecule has 3 nitrogen and oxygen atoms in total. The van der Waals surface area contributed by atoms with E-state index in [1.807, 2.05) is 13.0 Å². The van der Waals surface area contributed by atoms with Crippen LogP contribution in [0.2, 0.25) is 10.2 Å². The van der Waals surface area contributed by atoms with E-state index in [1.165, 1.54) is 12.1 Å². The Morgan fingerprint density at radius 3 is 2.76 bits per heavy atom. The molecule has 1 N–H and O–H groups in total. The van der Waals surface area contributed by atoms with Crippen molar-refractivity contribution in [1.82, 2.24) is 4.98 Å². The zero-order valence-electron chi connectivity index (χ0n) is 11.0. The van der Waals surface area contributed by atoms with Gasteiger partial charge in [-0.15, -0.1) is 0 Å². The summed E-state index contributed by atoms with van der Waals surface area (Å²) in [5, 5.41) is 3.77. The van der Waals surface area contributed by atoms with E-state index >= 15 is 0 Å². The molecule has 0 fully saturated rings. The monoisotopic (exact) mass is 332 g/mol. The van der Waals surface area contributed by atoms with E-state index in [0.717, 1.165) is 5.56 Å². The third-order valence-electron chi connectivity index (χ3n) is 2.68. The van der Waals surface area contributed by atoms with Crippen LogP contribution in [-0.2, 0) is 6.54 Å². The molecule has 0 saturated carbocycles. The number of benzene rings is 1. The summed E-state index contributed by atoms with van der Waals surface area (Å²) in [7, 11) is 0. The predicted molar refractivity (Wildman–Crippen MR) is 79.4 cm³/mol. The minimum atomic E-state index is -2.89. The van der Waals surface area contributed by atoms with Crippen LogP contribution in [0.25, 0.3) is 0 Å². The molecule has 1 aromatic carbocycles. The van der Waals surface area contributed by atoms with Crippen LogP contribution in [0.3, 0.4) is 0 Å². The lowest BCUT2D eigenvalue weighted by molar-refractivity contribution is -0.0504. The molecule has 0 radical (unpaired) electrons. The first-order valence-corrected chi connectivity index (χ1v) is 6.80. The zero-order chi connectivity index (χ0) is 15.4. The molecule has 112 valence electrons. The molecule has 0 atom stereocenters. The average Bonchev–Trinajstić information content (AvgIpc) is 2.42. The third kappa shape index (κ3) is 4.44. The Morgan fingerprint density at radius 1 is 1.29 bits per heavy atom. The maximum atomic E-state index is 12.4. The molecule has 0 saturated heterocycles. The van der Waals surface area contributed by atoms with E-state index in [4.69, 9.17) is 23.2 Å². The number of aryl methyl sites for hydroxylation is 1. The van der Waals surface area contributed by atoms with Crippen molar-refractivity contribution in [1.29, 1.82) is 0 Å². The number of pyridine rings is 1. The predicted octanol–water partition coefficient (Wildman–Crippen LogP) is 4.91. The minimum absolute atomic E-state index is 0.0682. The van der Waals surface area contributed by atoms with Crippen LogP contribution in [-0.4, -0.2) is 11.6 Å². The van der Waals surface area contributed by atoms with Crippen molar-refractivity contribution in [3.05, 3.63) is 51.8 Å². The summed E-state index contributed by atoms with van der Waals surface area (Å²) in [6.07, 6.45) is 1.64. The Balaban J connectivity index is 2.18. The van der Waals surface area contributed by atoms with Crippen LogP contribution < -0.4 is 10.1 Å². The van der Waals surface area contributed by atoms with Gasteiger partial charge in [-0.2, -0.15) is 8.78 Å².